The van der Waals surface area contributed by atoms with E-state index in [-0.39, 0.29) is 23.8 Å². The number of halogens is 1. The fourth-order valence-corrected chi connectivity index (χ4v) is 2.18. The summed E-state index contributed by atoms with van der Waals surface area (Å²) in [7, 11) is 1.16. The monoisotopic (exact) mass is 325 g/mol. The SMILES string of the molecule is COC(=O)C1=C(O)CC(c2ccc(Br)cc2)NC1=O. The number of aliphatic hydroxyl groups excluding tert-OH is 1. The smallest absolute Gasteiger partial charge is 0.346 e. The number of hydrogen-bond donors (Lipinski definition) is 2. The van der Waals surface area contributed by atoms with Crippen molar-refractivity contribution in [2.45, 2.75) is 12.5 Å². The third-order valence-corrected chi connectivity index (χ3v) is 3.41. The van der Waals surface area contributed by atoms with Crippen LogP contribution in [0, 0.1) is 0 Å². The number of ether oxygens (including phenoxy) is 1. The zero-order valence-corrected chi connectivity index (χ0v) is 11.7. The maximum Gasteiger partial charge on any atom is 0.346 e. The van der Waals surface area contributed by atoms with Crippen LogP contribution in [0.1, 0.15) is 18.0 Å². The lowest BCUT2D eigenvalue weighted by Gasteiger charge is -2.24. The van der Waals surface area contributed by atoms with Crippen molar-refractivity contribution in [2.24, 2.45) is 0 Å². The van der Waals surface area contributed by atoms with Crippen LogP contribution in [0.5, 0.6) is 0 Å². The fourth-order valence-electron chi connectivity index (χ4n) is 1.92. The van der Waals surface area contributed by atoms with Gasteiger partial charge in [0.2, 0.25) is 0 Å². The molecule has 0 aromatic heterocycles. The molecule has 19 heavy (non-hydrogen) atoms. The predicted molar refractivity (Wildman–Crippen MR) is 71.3 cm³/mol. The topological polar surface area (TPSA) is 75.6 Å². The van der Waals surface area contributed by atoms with Gasteiger partial charge in [-0.3, -0.25) is 4.79 Å². The fraction of sp³-hybridized carbons (Fsp3) is 0.231. The largest absolute Gasteiger partial charge is 0.511 e. The Balaban J connectivity index is 2.27. The van der Waals surface area contributed by atoms with E-state index in [0.29, 0.717) is 0 Å². The number of benzene rings is 1. The van der Waals surface area contributed by atoms with Crippen molar-refractivity contribution in [1.29, 1.82) is 0 Å². The van der Waals surface area contributed by atoms with Gasteiger partial charge in [0.25, 0.3) is 5.91 Å². The second-order valence-corrected chi connectivity index (χ2v) is 5.01. The van der Waals surface area contributed by atoms with E-state index in [4.69, 9.17) is 0 Å². The van der Waals surface area contributed by atoms with Gasteiger partial charge >= 0.3 is 5.97 Å². The molecule has 0 bridgehead atoms. The molecule has 0 saturated heterocycles. The summed E-state index contributed by atoms with van der Waals surface area (Å²) in [5.41, 5.74) is 0.530. The van der Waals surface area contributed by atoms with Gasteiger partial charge in [0.1, 0.15) is 5.76 Å². The average Bonchev–Trinajstić information content (AvgIpc) is 2.38. The van der Waals surface area contributed by atoms with Crippen LogP contribution in [0.25, 0.3) is 0 Å². The molecule has 0 spiro atoms. The molecule has 1 atom stereocenters. The van der Waals surface area contributed by atoms with E-state index in [1.807, 2.05) is 24.3 Å². The molecule has 0 saturated carbocycles. The van der Waals surface area contributed by atoms with Gasteiger partial charge in [-0.25, -0.2) is 4.79 Å². The molecule has 1 unspecified atom stereocenters. The summed E-state index contributed by atoms with van der Waals surface area (Å²) in [6, 6.07) is 7.02. The third-order valence-electron chi connectivity index (χ3n) is 2.88. The summed E-state index contributed by atoms with van der Waals surface area (Å²) >= 11 is 3.32. The number of carbonyl (C=O) groups is 2. The first-order valence-electron chi connectivity index (χ1n) is 5.59. The van der Waals surface area contributed by atoms with Gasteiger partial charge in [-0.1, -0.05) is 28.1 Å². The second-order valence-electron chi connectivity index (χ2n) is 4.09. The van der Waals surface area contributed by atoms with Gasteiger partial charge in [0.15, 0.2) is 5.57 Å². The Labute approximate surface area is 118 Å². The molecule has 1 aromatic carbocycles. The van der Waals surface area contributed by atoms with Crippen molar-refractivity contribution >= 4 is 27.8 Å². The summed E-state index contributed by atoms with van der Waals surface area (Å²) in [5.74, 6) is -1.70. The molecule has 1 aliphatic rings. The van der Waals surface area contributed by atoms with Crippen LogP contribution in [0.2, 0.25) is 0 Å². The van der Waals surface area contributed by atoms with Gasteiger partial charge in [0.05, 0.1) is 13.2 Å². The van der Waals surface area contributed by atoms with Crippen LogP contribution in [0.3, 0.4) is 0 Å². The minimum absolute atomic E-state index is 0.164. The highest BCUT2D eigenvalue weighted by Crippen LogP contribution is 2.27. The van der Waals surface area contributed by atoms with E-state index in [1.165, 1.54) is 0 Å². The van der Waals surface area contributed by atoms with Gasteiger partial charge in [-0.2, -0.15) is 0 Å². The molecule has 2 rings (SSSR count). The van der Waals surface area contributed by atoms with E-state index in [9.17, 15) is 14.7 Å². The Morgan fingerprint density at radius 2 is 2.05 bits per heavy atom. The van der Waals surface area contributed by atoms with Gasteiger partial charge < -0.3 is 15.2 Å². The van der Waals surface area contributed by atoms with Crippen LogP contribution < -0.4 is 5.32 Å². The van der Waals surface area contributed by atoms with Crippen molar-refractivity contribution in [3.05, 3.63) is 45.6 Å². The van der Waals surface area contributed by atoms with E-state index < -0.39 is 11.9 Å². The number of esters is 1. The highest BCUT2D eigenvalue weighted by atomic mass is 79.9. The molecule has 2 N–H and O–H groups in total. The minimum Gasteiger partial charge on any atom is -0.511 e. The Bertz CT molecular complexity index is 550. The van der Waals surface area contributed by atoms with Crippen molar-refractivity contribution in [3.63, 3.8) is 0 Å². The number of amides is 1. The molecule has 1 amide bonds. The zero-order chi connectivity index (χ0) is 14.0. The average molecular weight is 326 g/mol. The highest BCUT2D eigenvalue weighted by molar-refractivity contribution is 9.10. The lowest BCUT2D eigenvalue weighted by Crippen LogP contribution is -2.37. The van der Waals surface area contributed by atoms with E-state index in [0.717, 1.165) is 17.1 Å². The van der Waals surface area contributed by atoms with Crippen molar-refractivity contribution < 1.29 is 19.4 Å². The third kappa shape index (κ3) is 2.78. The Kier molecular flexibility index (Phi) is 3.90. The number of nitrogens with one attached hydrogen (secondary N) is 1. The second kappa shape index (κ2) is 5.44. The minimum atomic E-state index is -0.829. The molecule has 1 aliphatic heterocycles. The van der Waals surface area contributed by atoms with E-state index in [1.54, 1.807) is 0 Å². The first-order chi connectivity index (χ1) is 9.02. The Hall–Kier alpha value is -1.82. The van der Waals surface area contributed by atoms with E-state index >= 15 is 0 Å². The number of aliphatic hydroxyl groups is 1. The lowest BCUT2D eigenvalue weighted by molar-refractivity contribution is -0.138. The molecular formula is C13H12BrNO4. The first kappa shape index (κ1) is 13.6. The predicted octanol–water partition coefficient (Wildman–Crippen LogP) is 2.00. The summed E-state index contributed by atoms with van der Waals surface area (Å²) in [6.07, 6.45) is 0.164. The van der Waals surface area contributed by atoms with Crippen molar-refractivity contribution in [2.75, 3.05) is 7.11 Å². The summed E-state index contributed by atoms with van der Waals surface area (Å²) in [4.78, 5) is 23.2. The number of hydrogen-bond acceptors (Lipinski definition) is 4. The van der Waals surface area contributed by atoms with Gasteiger partial charge in [-0.15, -0.1) is 0 Å². The normalized spacial score (nSPS) is 19.1. The molecule has 0 fully saturated rings. The zero-order valence-electron chi connectivity index (χ0n) is 10.1. The molecule has 0 radical (unpaired) electrons. The molecule has 100 valence electrons. The molecule has 1 heterocycles. The van der Waals surface area contributed by atoms with Crippen LogP contribution in [-0.2, 0) is 14.3 Å². The maximum atomic E-state index is 11.8. The highest BCUT2D eigenvalue weighted by Gasteiger charge is 2.32. The summed E-state index contributed by atoms with van der Waals surface area (Å²) < 4.78 is 5.39. The van der Waals surface area contributed by atoms with Crippen LogP contribution >= 0.6 is 15.9 Å². The van der Waals surface area contributed by atoms with Crippen molar-refractivity contribution in [3.8, 4) is 0 Å². The van der Waals surface area contributed by atoms with Gasteiger partial charge in [-0.05, 0) is 17.7 Å². The Morgan fingerprint density at radius 3 is 2.58 bits per heavy atom. The number of rotatable bonds is 2. The molecule has 1 aromatic rings. The van der Waals surface area contributed by atoms with Crippen molar-refractivity contribution in [1.82, 2.24) is 5.32 Å². The summed E-state index contributed by atoms with van der Waals surface area (Å²) in [6.45, 7) is 0. The molecule has 0 aliphatic carbocycles. The van der Waals surface area contributed by atoms with Crippen LogP contribution in [0.4, 0.5) is 0 Å². The van der Waals surface area contributed by atoms with Crippen LogP contribution in [-0.4, -0.2) is 24.1 Å². The molecule has 6 heteroatoms. The maximum absolute atomic E-state index is 11.8. The quantitative estimate of drug-likeness (QED) is 0.644. The summed E-state index contributed by atoms with van der Waals surface area (Å²) in [5, 5.41) is 12.5. The van der Waals surface area contributed by atoms with Gasteiger partial charge in [0, 0.05) is 10.9 Å². The molecule has 5 nitrogen and oxygen atoms in total. The lowest BCUT2D eigenvalue weighted by atomic mass is 9.96. The first-order valence-corrected chi connectivity index (χ1v) is 6.39. The number of carbonyl (C=O) groups excluding carboxylic acids is 2. The van der Waals surface area contributed by atoms with E-state index in [2.05, 4.69) is 26.0 Å². The molecular weight excluding hydrogens is 314 g/mol. The van der Waals surface area contributed by atoms with Crippen LogP contribution in [0.15, 0.2) is 40.1 Å². The Morgan fingerprint density at radius 1 is 1.42 bits per heavy atom. The number of methoxy groups -OCH3 is 1. The standard InChI is InChI=1S/C13H12BrNO4/c1-19-13(18)11-10(16)6-9(15-12(11)17)7-2-4-8(14)5-3-7/h2-5,9,16H,6H2,1H3,(H,15,17).